The van der Waals surface area contributed by atoms with Crippen LogP contribution in [0.15, 0.2) is 24.3 Å². The van der Waals surface area contributed by atoms with E-state index in [2.05, 4.69) is 5.32 Å². The van der Waals surface area contributed by atoms with Crippen molar-refractivity contribution >= 4 is 0 Å². The van der Waals surface area contributed by atoms with Gasteiger partial charge in [-0.15, -0.1) is 0 Å². The molecule has 0 radical (unpaired) electrons. The van der Waals surface area contributed by atoms with Gasteiger partial charge in [0.05, 0.1) is 33.0 Å². The molecule has 0 spiro atoms. The topological polar surface area (TPSA) is 39.7 Å². The van der Waals surface area contributed by atoms with E-state index < -0.39 is 0 Å². The summed E-state index contributed by atoms with van der Waals surface area (Å²) in [4.78, 5) is 0. The predicted octanol–water partition coefficient (Wildman–Crippen LogP) is 1.20. The van der Waals surface area contributed by atoms with Gasteiger partial charge in [-0.2, -0.15) is 0 Å². The monoisotopic (exact) mass is 237 g/mol. The quantitative estimate of drug-likeness (QED) is 0.835. The SMILES string of the molecule is COc1cccc(COCC2CNCCO2)c1. The van der Waals surface area contributed by atoms with Crippen LogP contribution in [0.2, 0.25) is 0 Å². The average Bonchev–Trinajstić information content (AvgIpc) is 2.40. The maximum absolute atomic E-state index is 5.64. The Morgan fingerprint density at radius 2 is 2.41 bits per heavy atom. The zero-order valence-corrected chi connectivity index (χ0v) is 10.1. The van der Waals surface area contributed by atoms with Gasteiger partial charge in [0.15, 0.2) is 0 Å². The Morgan fingerprint density at radius 1 is 1.47 bits per heavy atom. The van der Waals surface area contributed by atoms with E-state index in [4.69, 9.17) is 14.2 Å². The Morgan fingerprint density at radius 3 is 3.18 bits per heavy atom. The maximum atomic E-state index is 5.64. The first-order valence-corrected chi connectivity index (χ1v) is 5.91. The van der Waals surface area contributed by atoms with Crippen molar-refractivity contribution in [2.45, 2.75) is 12.7 Å². The van der Waals surface area contributed by atoms with Crippen LogP contribution in [-0.2, 0) is 16.1 Å². The van der Waals surface area contributed by atoms with Crippen LogP contribution in [0.3, 0.4) is 0 Å². The van der Waals surface area contributed by atoms with Crippen molar-refractivity contribution in [1.82, 2.24) is 5.32 Å². The van der Waals surface area contributed by atoms with Crippen LogP contribution in [0, 0.1) is 0 Å². The van der Waals surface area contributed by atoms with Crippen molar-refractivity contribution < 1.29 is 14.2 Å². The molecule has 0 saturated carbocycles. The third kappa shape index (κ3) is 4.00. The van der Waals surface area contributed by atoms with Crippen LogP contribution < -0.4 is 10.1 Å². The van der Waals surface area contributed by atoms with Gasteiger partial charge in [0, 0.05) is 13.1 Å². The number of rotatable bonds is 5. The summed E-state index contributed by atoms with van der Waals surface area (Å²) < 4.78 is 16.3. The van der Waals surface area contributed by atoms with E-state index in [-0.39, 0.29) is 6.10 Å². The molecule has 1 heterocycles. The van der Waals surface area contributed by atoms with Crippen LogP contribution in [0.1, 0.15) is 5.56 Å². The number of ether oxygens (including phenoxy) is 3. The molecule has 1 atom stereocenters. The molecule has 1 aliphatic heterocycles. The van der Waals surface area contributed by atoms with E-state index in [0.717, 1.165) is 31.0 Å². The summed E-state index contributed by atoms with van der Waals surface area (Å²) in [6, 6.07) is 7.91. The molecule has 1 fully saturated rings. The smallest absolute Gasteiger partial charge is 0.119 e. The molecule has 1 aliphatic rings. The van der Waals surface area contributed by atoms with Gasteiger partial charge in [0.2, 0.25) is 0 Å². The molecule has 4 heteroatoms. The first kappa shape index (κ1) is 12.4. The summed E-state index contributed by atoms with van der Waals surface area (Å²) in [5.41, 5.74) is 1.12. The van der Waals surface area contributed by atoms with Crippen molar-refractivity contribution in [2.75, 3.05) is 33.4 Å². The molecule has 1 aromatic carbocycles. The van der Waals surface area contributed by atoms with E-state index in [0.29, 0.717) is 13.2 Å². The molecular formula is C13H19NO3. The molecule has 94 valence electrons. The fourth-order valence-corrected chi connectivity index (χ4v) is 1.80. The van der Waals surface area contributed by atoms with Gasteiger partial charge in [-0.25, -0.2) is 0 Å². The molecule has 1 N–H and O–H groups in total. The van der Waals surface area contributed by atoms with Gasteiger partial charge in [-0.3, -0.25) is 0 Å². The zero-order chi connectivity index (χ0) is 11.9. The number of morpholine rings is 1. The second-order valence-corrected chi connectivity index (χ2v) is 4.06. The van der Waals surface area contributed by atoms with E-state index in [1.165, 1.54) is 0 Å². The summed E-state index contributed by atoms with van der Waals surface area (Å²) in [6.07, 6.45) is 0.175. The predicted molar refractivity (Wildman–Crippen MR) is 65.3 cm³/mol. The summed E-state index contributed by atoms with van der Waals surface area (Å²) in [7, 11) is 1.67. The summed E-state index contributed by atoms with van der Waals surface area (Å²) in [6.45, 7) is 3.80. The Hall–Kier alpha value is -1.10. The lowest BCUT2D eigenvalue weighted by molar-refractivity contribution is -0.0357. The standard InChI is InChI=1S/C13H19NO3/c1-15-12-4-2-3-11(7-12)9-16-10-13-8-14-5-6-17-13/h2-4,7,13-14H,5-6,8-10H2,1H3. The van der Waals surface area contributed by atoms with Crippen LogP contribution in [0.5, 0.6) is 5.75 Å². The third-order valence-electron chi connectivity index (χ3n) is 2.71. The highest BCUT2D eigenvalue weighted by atomic mass is 16.5. The van der Waals surface area contributed by atoms with Gasteiger partial charge < -0.3 is 19.5 Å². The molecule has 17 heavy (non-hydrogen) atoms. The molecule has 0 aliphatic carbocycles. The van der Waals surface area contributed by atoms with Crippen LogP contribution >= 0.6 is 0 Å². The molecule has 1 unspecified atom stereocenters. The van der Waals surface area contributed by atoms with Crippen molar-refractivity contribution in [3.8, 4) is 5.75 Å². The molecule has 0 bridgehead atoms. The number of hydrogen-bond acceptors (Lipinski definition) is 4. The van der Waals surface area contributed by atoms with E-state index >= 15 is 0 Å². The fourth-order valence-electron chi connectivity index (χ4n) is 1.80. The van der Waals surface area contributed by atoms with Crippen molar-refractivity contribution in [2.24, 2.45) is 0 Å². The lowest BCUT2D eigenvalue weighted by Gasteiger charge is -2.23. The Bertz CT molecular complexity index is 337. The van der Waals surface area contributed by atoms with E-state index in [1.54, 1.807) is 7.11 Å². The Labute approximate surface area is 102 Å². The molecular weight excluding hydrogens is 218 g/mol. The maximum Gasteiger partial charge on any atom is 0.119 e. The van der Waals surface area contributed by atoms with Crippen molar-refractivity contribution in [3.05, 3.63) is 29.8 Å². The van der Waals surface area contributed by atoms with E-state index in [1.807, 2.05) is 24.3 Å². The van der Waals surface area contributed by atoms with Gasteiger partial charge in [0.25, 0.3) is 0 Å². The minimum absolute atomic E-state index is 0.175. The highest BCUT2D eigenvalue weighted by Crippen LogP contribution is 2.13. The van der Waals surface area contributed by atoms with Crippen LogP contribution in [0.25, 0.3) is 0 Å². The number of hydrogen-bond donors (Lipinski definition) is 1. The zero-order valence-electron chi connectivity index (χ0n) is 10.1. The average molecular weight is 237 g/mol. The minimum atomic E-state index is 0.175. The largest absolute Gasteiger partial charge is 0.497 e. The second kappa shape index (κ2) is 6.59. The van der Waals surface area contributed by atoms with Crippen LogP contribution in [0.4, 0.5) is 0 Å². The van der Waals surface area contributed by atoms with Gasteiger partial charge in [-0.1, -0.05) is 12.1 Å². The Balaban J connectivity index is 1.73. The second-order valence-electron chi connectivity index (χ2n) is 4.06. The third-order valence-corrected chi connectivity index (χ3v) is 2.71. The first-order valence-electron chi connectivity index (χ1n) is 5.91. The molecule has 0 amide bonds. The fraction of sp³-hybridized carbons (Fsp3) is 0.538. The minimum Gasteiger partial charge on any atom is -0.497 e. The summed E-state index contributed by atoms with van der Waals surface area (Å²) in [5, 5.41) is 3.28. The van der Waals surface area contributed by atoms with Gasteiger partial charge >= 0.3 is 0 Å². The molecule has 2 rings (SSSR count). The van der Waals surface area contributed by atoms with Gasteiger partial charge in [0.1, 0.15) is 5.75 Å². The molecule has 0 aromatic heterocycles. The van der Waals surface area contributed by atoms with Gasteiger partial charge in [-0.05, 0) is 17.7 Å². The lowest BCUT2D eigenvalue weighted by Crippen LogP contribution is -2.40. The summed E-state index contributed by atoms with van der Waals surface area (Å²) in [5.74, 6) is 0.863. The lowest BCUT2D eigenvalue weighted by atomic mass is 10.2. The highest BCUT2D eigenvalue weighted by Gasteiger charge is 2.12. The molecule has 1 saturated heterocycles. The summed E-state index contributed by atoms with van der Waals surface area (Å²) >= 11 is 0. The Kier molecular flexibility index (Phi) is 4.79. The number of methoxy groups -OCH3 is 1. The van der Waals surface area contributed by atoms with Crippen molar-refractivity contribution in [3.63, 3.8) is 0 Å². The number of benzene rings is 1. The van der Waals surface area contributed by atoms with E-state index in [9.17, 15) is 0 Å². The van der Waals surface area contributed by atoms with Crippen LogP contribution in [-0.4, -0.2) is 39.5 Å². The van der Waals surface area contributed by atoms with Crippen molar-refractivity contribution in [1.29, 1.82) is 0 Å². The first-order chi connectivity index (χ1) is 8.38. The molecule has 4 nitrogen and oxygen atoms in total. The normalized spacial score (nSPS) is 20.2. The number of nitrogens with one attached hydrogen (secondary N) is 1. The highest BCUT2D eigenvalue weighted by molar-refractivity contribution is 5.27. The molecule has 1 aromatic rings.